The Bertz CT molecular complexity index is 1240. The molecule has 0 aliphatic heterocycles. The van der Waals surface area contributed by atoms with Gasteiger partial charge in [0, 0.05) is 0 Å². The second-order valence-electron chi connectivity index (χ2n) is 5.35. The van der Waals surface area contributed by atoms with Crippen LogP contribution in [-0.4, -0.2) is 34.9 Å². The quantitative estimate of drug-likeness (QED) is 0.381. The molecule has 27 heavy (non-hydrogen) atoms. The van der Waals surface area contributed by atoms with Crippen molar-refractivity contribution in [2.45, 2.75) is 4.90 Å². The van der Waals surface area contributed by atoms with Gasteiger partial charge in [-0.25, -0.2) is 0 Å². The van der Waals surface area contributed by atoms with Crippen molar-refractivity contribution in [1.29, 1.82) is 0 Å². The second-order valence-corrected chi connectivity index (χ2v) is 9.19. The van der Waals surface area contributed by atoms with Crippen molar-refractivity contribution in [3.63, 3.8) is 0 Å². The van der Waals surface area contributed by atoms with Crippen molar-refractivity contribution < 1.29 is 8.42 Å². The Balaban J connectivity index is 2.10. The molecule has 1 aromatic heterocycles. The van der Waals surface area contributed by atoms with E-state index in [1.54, 1.807) is 42.8 Å². The Morgan fingerprint density at radius 3 is 2.33 bits per heavy atom. The highest BCUT2D eigenvalue weighted by Gasteiger charge is 2.15. The topological polar surface area (TPSA) is 84.3 Å². The van der Waals surface area contributed by atoms with Gasteiger partial charge in [-0.2, -0.15) is 8.42 Å². The van der Waals surface area contributed by atoms with E-state index in [4.69, 9.17) is 12.2 Å². The number of para-hydroxylation sites is 1. The van der Waals surface area contributed by atoms with E-state index in [1.165, 1.54) is 40.2 Å². The minimum absolute atomic E-state index is 0.0515. The molecule has 1 N–H and O–H groups in total. The molecule has 0 aliphatic rings. The fourth-order valence-corrected chi connectivity index (χ4v) is 5.40. The summed E-state index contributed by atoms with van der Waals surface area (Å²) in [6.45, 7) is 0. The summed E-state index contributed by atoms with van der Waals surface area (Å²) < 4.78 is 30.7. The number of aromatic amines is 1. The van der Waals surface area contributed by atoms with Crippen molar-refractivity contribution in [3.05, 3.63) is 63.7 Å². The van der Waals surface area contributed by atoms with Crippen LogP contribution in [0.5, 0.6) is 0 Å². The SMILES string of the molecule is CSC(=NS(=O)(=O)c1ccc(-n2c(=S)[nH]c3ccccc3c2=O)cc1)SC. The number of H-pyrrole nitrogens is 1. The molecule has 0 spiro atoms. The number of rotatable bonds is 3. The first-order valence-corrected chi connectivity index (χ1v) is 11.9. The van der Waals surface area contributed by atoms with Crippen LogP contribution in [0.25, 0.3) is 16.6 Å². The summed E-state index contributed by atoms with van der Waals surface area (Å²) in [5.74, 6) is 0. The van der Waals surface area contributed by atoms with E-state index in [-0.39, 0.29) is 15.2 Å². The number of nitrogens with zero attached hydrogens (tertiary/aromatic N) is 2. The van der Waals surface area contributed by atoms with Crippen molar-refractivity contribution in [2.24, 2.45) is 4.40 Å². The molecule has 0 bridgehead atoms. The largest absolute Gasteiger partial charge is 0.331 e. The summed E-state index contributed by atoms with van der Waals surface area (Å²) in [4.78, 5) is 15.9. The van der Waals surface area contributed by atoms with Gasteiger partial charge >= 0.3 is 0 Å². The molecule has 0 radical (unpaired) electrons. The normalized spacial score (nSPS) is 11.5. The van der Waals surface area contributed by atoms with Crippen molar-refractivity contribution in [1.82, 2.24) is 9.55 Å². The first kappa shape index (κ1) is 19.9. The third kappa shape index (κ3) is 4.03. The van der Waals surface area contributed by atoms with E-state index in [0.717, 1.165) is 0 Å². The molecule has 0 saturated carbocycles. The molecule has 1 heterocycles. The summed E-state index contributed by atoms with van der Waals surface area (Å²) in [6, 6.07) is 13.0. The lowest BCUT2D eigenvalue weighted by atomic mass is 10.2. The van der Waals surface area contributed by atoms with Gasteiger partial charge < -0.3 is 4.98 Å². The smallest absolute Gasteiger partial charge is 0.283 e. The number of fused-ring (bicyclic) bond motifs is 1. The average molecular weight is 438 g/mol. The summed E-state index contributed by atoms with van der Waals surface area (Å²) in [6.07, 6.45) is 3.53. The summed E-state index contributed by atoms with van der Waals surface area (Å²) >= 11 is 7.84. The standard InChI is InChI=1S/C17H15N3O3S4/c1-25-17(26-2)19-27(22,23)12-9-7-11(8-10-12)20-15(21)13-5-3-4-6-14(13)18-16(20)24/h3-10H,1-2H3,(H,18,24). The van der Waals surface area contributed by atoms with E-state index in [1.807, 2.05) is 6.07 Å². The maximum Gasteiger partial charge on any atom is 0.283 e. The van der Waals surface area contributed by atoms with Crippen LogP contribution >= 0.6 is 35.7 Å². The Kier molecular flexibility index (Phi) is 5.89. The molecule has 3 aromatic rings. The van der Waals surface area contributed by atoms with Crippen LogP contribution < -0.4 is 5.56 Å². The van der Waals surface area contributed by atoms with E-state index in [0.29, 0.717) is 21.0 Å². The van der Waals surface area contributed by atoms with Gasteiger partial charge in [0.25, 0.3) is 15.6 Å². The molecule has 6 nitrogen and oxygen atoms in total. The maximum absolute atomic E-state index is 12.8. The average Bonchev–Trinajstić information content (AvgIpc) is 2.66. The highest BCUT2D eigenvalue weighted by molar-refractivity contribution is 8.38. The number of benzene rings is 2. The zero-order valence-electron chi connectivity index (χ0n) is 14.4. The van der Waals surface area contributed by atoms with E-state index in [2.05, 4.69) is 9.38 Å². The first-order valence-electron chi connectivity index (χ1n) is 7.65. The highest BCUT2D eigenvalue weighted by Crippen LogP contribution is 2.20. The van der Waals surface area contributed by atoms with Gasteiger partial charge in [-0.1, -0.05) is 12.1 Å². The zero-order chi connectivity index (χ0) is 19.6. The minimum Gasteiger partial charge on any atom is -0.331 e. The number of nitrogens with one attached hydrogen (secondary N) is 1. The molecule has 0 amide bonds. The highest BCUT2D eigenvalue weighted by atomic mass is 32.2. The second kappa shape index (κ2) is 8.01. The van der Waals surface area contributed by atoms with Crippen molar-refractivity contribution in [3.8, 4) is 5.69 Å². The third-order valence-electron chi connectivity index (χ3n) is 3.74. The number of hydrogen-bond acceptors (Lipinski definition) is 6. The van der Waals surface area contributed by atoms with Gasteiger partial charge in [-0.05, 0) is 61.1 Å². The lowest BCUT2D eigenvalue weighted by Gasteiger charge is -2.09. The van der Waals surface area contributed by atoms with E-state index >= 15 is 0 Å². The van der Waals surface area contributed by atoms with Crippen LogP contribution in [0.4, 0.5) is 0 Å². The van der Waals surface area contributed by atoms with Gasteiger partial charge in [-0.15, -0.1) is 27.9 Å². The first-order chi connectivity index (χ1) is 12.9. The fourth-order valence-electron chi connectivity index (χ4n) is 2.47. The number of aromatic nitrogens is 2. The van der Waals surface area contributed by atoms with Gasteiger partial charge in [0.2, 0.25) is 0 Å². The third-order valence-corrected chi connectivity index (χ3v) is 7.43. The Morgan fingerprint density at radius 1 is 1.07 bits per heavy atom. The molecule has 10 heteroatoms. The van der Waals surface area contributed by atoms with Gasteiger partial charge in [0.1, 0.15) is 4.38 Å². The predicted octanol–water partition coefficient (Wildman–Crippen LogP) is 3.82. The molecule has 2 aromatic carbocycles. The summed E-state index contributed by atoms with van der Waals surface area (Å²) in [7, 11) is -3.81. The molecule has 3 rings (SSSR count). The maximum atomic E-state index is 12.8. The van der Waals surface area contributed by atoms with E-state index < -0.39 is 10.0 Å². The lowest BCUT2D eigenvalue weighted by molar-refractivity contribution is 0.598. The monoisotopic (exact) mass is 437 g/mol. The number of hydrogen-bond donors (Lipinski definition) is 1. The molecule has 0 fully saturated rings. The fraction of sp³-hybridized carbons (Fsp3) is 0.118. The van der Waals surface area contributed by atoms with Crippen LogP contribution in [-0.2, 0) is 10.0 Å². The van der Waals surface area contributed by atoms with Crippen LogP contribution in [0.1, 0.15) is 0 Å². The van der Waals surface area contributed by atoms with Crippen LogP contribution in [0.3, 0.4) is 0 Å². The molecule has 0 saturated heterocycles. The zero-order valence-corrected chi connectivity index (χ0v) is 17.6. The Hall–Kier alpha value is -1.88. The van der Waals surface area contributed by atoms with Crippen molar-refractivity contribution >= 4 is 61.0 Å². The molecule has 0 atom stereocenters. The molecule has 0 aliphatic carbocycles. The Labute approximate surface area is 169 Å². The number of sulfonamides is 1. The van der Waals surface area contributed by atoms with Crippen LogP contribution in [0.2, 0.25) is 0 Å². The minimum atomic E-state index is -3.81. The molecule has 140 valence electrons. The van der Waals surface area contributed by atoms with Crippen molar-refractivity contribution in [2.75, 3.05) is 12.5 Å². The van der Waals surface area contributed by atoms with Gasteiger partial charge in [-0.3, -0.25) is 9.36 Å². The van der Waals surface area contributed by atoms with Gasteiger partial charge in [0.05, 0.1) is 21.5 Å². The van der Waals surface area contributed by atoms with Crippen LogP contribution in [0, 0.1) is 4.77 Å². The van der Waals surface area contributed by atoms with Gasteiger partial charge in [0.15, 0.2) is 4.77 Å². The molecule has 0 unspecified atom stereocenters. The molecular formula is C17H15N3O3S4. The summed E-state index contributed by atoms with van der Waals surface area (Å²) in [5.41, 5.74) is 0.860. The molecular weight excluding hydrogens is 422 g/mol. The summed E-state index contributed by atoms with van der Waals surface area (Å²) in [5, 5.41) is 0.497. The van der Waals surface area contributed by atoms with Crippen LogP contribution in [0.15, 0.2) is 62.6 Å². The number of thioether (sulfide) groups is 2. The Morgan fingerprint density at radius 2 is 1.70 bits per heavy atom. The van der Waals surface area contributed by atoms with E-state index in [9.17, 15) is 13.2 Å². The predicted molar refractivity (Wildman–Crippen MR) is 116 cm³/mol. The lowest BCUT2D eigenvalue weighted by Crippen LogP contribution is -2.20.